The Balaban J connectivity index is 1.73. The van der Waals surface area contributed by atoms with Gasteiger partial charge in [0.1, 0.15) is 0 Å². The van der Waals surface area contributed by atoms with Crippen molar-refractivity contribution >= 4 is 29.2 Å². The predicted octanol–water partition coefficient (Wildman–Crippen LogP) is 4.15. The number of anilines is 1. The van der Waals surface area contributed by atoms with E-state index in [4.69, 9.17) is 5.73 Å². The summed E-state index contributed by atoms with van der Waals surface area (Å²) >= 11 is 3.74. The van der Waals surface area contributed by atoms with E-state index in [0.29, 0.717) is 0 Å². The number of nitrogens with two attached hydrogens (primary N) is 1. The molecule has 0 heterocycles. The number of hydrogen-bond donors (Lipinski definition) is 1. The van der Waals surface area contributed by atoms with Gasteiger partial charge >= 0.3 is 0 Å². The molecular formula is C14H15NS2. The van der Waals surface area contributed by atoms with Crippen molar-refractivity contribution in [2.24, 2.45) is 0 Å². The highest BCUT2D eigenvalue weighted by Gasteiger charge is 1.96. The van der Waals surface area contributed by atoms with Crippen LogP contribution in [-0.4, -0.2) is 11.5 Å². The average molecular weight is 261 g/mol. The molecule has 88 valence electrons. The summed E-state index contributed by atoms with van der Waals surface area (Å²) in [4.78, 5) is 2.58. The Hall–Kier alpha value is -1.06. The normalized spacial score (nSPS) is 10.4. The minimum Gasteiger partial charge on any atom is -0.399 e. The first kappa shape index (κ1) is 12.4. The number of nitrogen functional groups attached to an aromatic ring is 1. The van der Waals surface area contributed by atoms with Crippen LogP contribution in [0.25, 0.3) is 0 Å². The van der Waals surface area contributed by atoms with Crippen molar-refractivity contribution in [2.75, 3.05) is 17.2 Å². The van der Waals surface area contributed by atoms with Gasteiger partial charge in [-0.1, -0.05) is 24.3 Å². The van der Waals surface area contributed by atoms with Gasteiger partial charge < -0.3 is 5.73 Å². The van der Waals surface area contributed by atoms with Crippen LogP contribution in [0.3, 0.4) is 0 Å². The van der Waals surface area contributed by atoms with E-state index in [1.807, 2.05) is 47.8 Å². The van der Waals surface area contributed by atoms with Crippen LogP contribution < -0.4 is 5.73 Å². The fourth-order valence-corrected chi connectivity index (χ4v) is 3.32. The summed E-state index contributed by atoms with van der Waals surface area (Å²) in [5.74, 6) is 2.21. The van der Waals surface area contributed by atoms with Gasteiger partial charge in [-0.05, 0) is 30.3 Å². The standard InChI is InChI=1S/C14H15NS2/c15-12-5-4-8-14(11-12)17-10-9-16-13-6-2-1-3-7-13/h1-8,11H,9-10,15H2. The molecule has 3 heteroatoms. The largest absolute Gasteiger partial charge is 0.399 e. The molecule has 2 aromatic rings. The molecule has 0 aromatic heterocycles. The Labute approximate surface area is 111 Å². The lowest BCUT2D eigenvalue weighted by Crippen LogP contribution is -1.86. The lowest BCUT2D eigenvalue weighted by Gasteiger charge is -2.03. The van der Waals surface area contributed by atoms with Gasteiger partial charge in [-0.15, -0.1) is 23.5 Å². The maximum Gasteiger partial charge on any atom is 0.0325 e. The SMILES string of the molecule is Nc1cccc(SCCSc2ccccc2)c1. The molecule has 0 aliphatic carbocycles. The molecule has 2 aromatic carbocycles. The Bertz CT molecular complexity index is 457. The molecule has 0 saturated carbocycles. The second-order valence-electron chi connectivity index (χ2n) is 3.58. The van der Waals surface area contributed by atoms with E-state index in [1.165, 1.54) is 9.79 Å². The number of thioether (sulfide) groups is 2. The molecule has 0 amide bonds. The lowest BCUT2D eigenvalue weighted by atomic mass is 10.3. The van der Waals surface area contributed by atoms with Crippen LogP contribution in [0.2, 0.25) is 0 Å². The Kier molecular flexibility index (Phi) is 4.83. The van der Waals surface area contributed by atoms with Crippen molar-refractivity contribution in [3.05, 3.63) is 54.6 Å². The molecular weight excluding hydrogens is 246 g/mol. The van der Waals surface area contributed by atoms with Gasteiger partial charge in [0.25, 0.3) is 0 Å². The third-order valence-corrected chi connectivity index (χ3v) is 4.49. The van der Waals surface area contributed by atoms with Crippen molar-refractivity contribution in [2.45, 2.75) is 9.79 Å². The van der Waals surface area contributed by atoms with Gasteiger partial charge in [0.2, 0.25) is 0 Å². The second-order valence-corrected chi connectivity index (χ2v) is 5.92. The molecule has 0 aliphatic heterocycles. The van der Waals surface area contributed by atoms with Gasteiger partial charge in [-0.2, -0.15) is 0 Å². The summed E-state index contributed by atoms with van der Waals surface area (Å²) in [7, 11) is 0. The molecule has 0 atom stereocenters. The van der Waals surface area contributed by atoms with Crippen LogP contribution >= 0.6 is 23.5 Å². The quantitative estimate of drug-likeness (QED) is 0.497. The first-order valence-corrected chi connectivity index (χ1v) is 7.48. The summed E-state index contributed by atoms with van der Waals surface area (Å²) in [5.41, 5.74) is 6.57. The molecule has 1 nitrogen and oxygen atoms in total. The maximum atomic E-state index is 5.74. The fourth-order valence-electron chi connectivity index (χ4n) is 1.44. The van der Waals surface area contributed by atoms with Gasteiger partial charge in [0, 0.05) is 27.0 Å². The highest BCUT2D eigenvalue weighted by Crippen LogP contribution is 2.23. The van der Waals surface area contributed by atoms with Crippen LogP contribution in [0.15, 0.2) is 64.4 Å². The van der Waals surface area contributed by atoms with E-state index in [9.17, 15) is 0 Å². The Morgan fingerprint density at radius 1 is 0.765 bits per heavy atom. The molecule has 17 heavy (non-hydrogen) atoms. The third-order valence-electron chi connectivity index (χ3n) is 2.22. The topological polar surface area (TPSA) is 26.0 Å². The van der Waals surface area contributed by atoms with Crippen molar-refractivity contribution in [1.29, 1.82) is 0 Å². The lowest BCUT2D eigenvalue weighted by molar-refractivity contribution is 1.41. The van der Waals surface area contributed by atoms with E-state index >= 15 is 0 Å². The van der Waals surface area contributed by atoms with Crippen LogP contribution in [0, 0.1) is 0 Å². The number of rotatable bonds is 5. The Morgan fingerprint density at radius 3 is 2.12 bits per heavy atom. The molecule has 0 saturated heterocycles. The van der Waals surface area contributed by atoms with Crippen LogP contribution in [0.4, 0.5) is 5.69 Å². The van der Waals surface area contributed by atoms with Gasteiger partial charge in [0.15, 0.2) is 0 Å². The van der Waals surface area contributed by atoms with Gasteiger partial charge in [0.05, 0.1) is 0 Å². The molecule has 0 radical (unpaired) electrons. The van der Waals surface area contributed by atoms with E-state index in [-0.39, 0.29) is 0 Å². The van der Waals surface area contributed by atoms with Crippen LogP contribution in [0.5, 0.6) is 0 Å². The molecule has 0 bridgehead atoms. The monoisotopic (exact) mass is 261 g/mol. The van der Waals surface area contributed by atoms with E-state index in [1.54, 1.807) is 0 Å². The highest BCUT2D eigenvalue weighted by molar-refractivity contribution is 8.03. The average Bonchev–Trinajstić information content (AvgIpc) is 2.36. The molecule has 0 fully saturated rings. The minimum atomic E-state index is 0.839. The molecule has 2 N–H and O–H groups in total. The third kappa shape index (κ3) is 4.36. The summed E-state index contributed by atoms with van der Waals surface area (Å²) in [6.07, 6.45) is 0. The second kappa shape index (κ2) is 6.62. The minimum absolute atomic E-state index is 0.839. The summed E-state index contributed by atoms with van der Waals surface area (Å²) < 4.78 is 0. The molecule has 0 aliphatic rings. The fraction of sp³-hybridized carbons (Fsp3) is 0.143. The van der Waals surface area contributed by atoms with Crippen molar-refractivity contribution in [3.8, 4) is 0 Å². The molecule has 2 rings (SSSR count). The molecule has 0 spiro atoms. The summed E-state index contributed by atoms with van der Waals surface area (Å²) in [6, 6.07) is 18.6. The zero-order chi connectivity index (χ0) is 11.9. The predicted molar refractivity (Wildman–Crippen MR) is 78.7 cm³/mol. The van der Waals surface area contributed by atoms with Crippen LogP contribution in [0.1, 0.15) is 0 Å². The Morgan fingerprint density at radius 2 is 1.41 bits per heavy atom. The molecule has 0 unspecified atom stereocenters. The zero-order valence-electron chi connectivity index (χ0n) is 9.50. The van der Waals surface area contributed by atoms with E-state index in [2.05, 4.69) is 30.3 Å². The number of hydrogen-bond acceptors (Lipinski definition) is 3. The zero-order valence-corrected chi connectivity index (χ0v) is 11.1. The highest BCUT2D eigenvalue weighted by atomic mass is 32.2. The first-order chi connectivity index (χ1) is 8.34. The van der Waals surface area contributed by atoms with Crippen LogP contribution in [-0.2, 0) is 0 Å². The summed E-state index contributed by atoms with van der Waals surface area (Å²) in [5, 5.41) is 0. The van der Waals surface area contributed by atoms with E-state index < -0.39 is 0 Å². The smallest absolute Gasteiger partial charge is 0.0325 e. The van der Waals surface area contributed by atoms with Crippen molar-refractivity contribution in [3.63, 3.8) is 0 Å². The van der Waals surface area contributed by atoms with Gasteiger partial charge in [-0.25, -0.2) is 0 Å². The van der Waals surface area contributed by atoms with Crippen molar-refractivity contribution < 1.29 is 0 Å². The number of benzene rings is 2. The van der Waals surface area contributed by atoms with E-state index in [0.717, 1.165) is 17.2 Å². The van der Waals surface area contributed by atoms with Gasteiger partial charge in [-0.3, -0.25) is 0 Å². The van der Waals surface area contributed by atoms with Crippen molar-refractivity contribution in [1.82, 2.24) is 0 Å². The maximum absolute atomic E-state index is 5.74. The summed E-state index contributed by atoms with van der Waals surface area (Å²) in [6.45, 7) is 0. The first-order valence-electron chi connectivity index (χ1n) is 5.51.